The van der Waals surface area contributed by atoms with Gasteiger partial charge < -0.3 is 5.11 Å². The molecule has 1 atom stereocenters. The van der Waals surface area contributed by atoms with Crippen LogP contribution in [0, 0.1) is 0 Å². The summed E-state index contributed by atoms with van der Waals surface area (Å²) in [6.07, 6.45) is 0. The molecular weight excluding hydrogens is 252 g/mol. The highest BCUT2D eigenvalue weighted by atomic mass is 32.2. The number of carboxylic acid groups (broad SMARTS) is 1. The van der Waals surface area contributed by atoms with Crippen molar-refractivity contribution in [3.63, 3.8) is 0 Å². The van der Waals surface area contributed by atoms with Gasteiger partial charge in [-0.2, -0.15) is 0 Å². The van der Waals surface area contributed by atoms with E-state index >= 15 is 0 Å². The van der Waals surface area contributed by atoms with E-state index in [-0.39, 0.29) is 5.75 Å². The Kier molecular flexibility index (Phi) is 5.39. The van der Waals surface area contributed by atoms with Crippen molar-refractivity contribution in [2.45, 2.75) is 18.6 Å². The molecule has 0 aliphatic carbocycles. The highest BCUT2D eigenvalue weighted by Crippen LogP contribution is 2.12. The number of aliphatic carboxylic acids is 1. The summed E-state index contributed by atoms with van der Waals surface area (Å²) in [5.74, 6) is 0.0655. The van der Waals surface area contributed by atoms with Crippen LogP contribution in [0.4, 0.5) is 0 Å². The normalized spacial score (nSPS) is 12.6. The molecule has 0 saturated carbocycles. The van der Waals surface area contributed by atoms with Crippen LogP contribution < -0.4 is 0 Å². The van der Waals surface area contributed by atoms with E-state index in [1.807, 2.05) is 6.92 Å². The maximum atomic E-state index is 11.2. The van der Waals surface area contributed by atoms with Crippen LogP contribution in [0.1, 0.15) is 6.92 Å². The number of carbonyl (C=O) groups is 1. The van der Waals surface area contributed by atoms with Crippen LogP contribution in [0.25, 0.3) is 0 Å². The molecule has 0 aliphatic rings. The first-order chi connectivity index (χ1) is 7.63. The molecule has 0 aromatic carbocycles. The van der Waals surface area contributed by atoms with Gasteiger partial charge >= 0.3 is 5.97 Å². The summed E-state index contributed by atoms with van der Waals surface area (Å²) in [6.45, 7) is 2.28. The topological polar surface area (TPSA) is 98.0 Å². The Labute approximate surface area is 99.1 Å². The van der Waals surface area contributed by atoms with Crippen LogP contribution in [0.3, 0.4) is 0 Å². The maximum absolute atomic E-state index is 11.2. The SMILES string of the molecule is CCS(=O)CCn1nnnc1SCC(=O)O. The minimum Gasteiger partial charge on any atom is -0.481 e. The zero-order chi connectivity index (χ0) is 12.0. The second-order valence-electron chi connectivity index (χ2n) is 2.80. The molecule has 1 heterocycles. The van der Waals surface area contributed by atoms with E-state index in [1.54, 1.807) is 0 Å². The third kappa shape index (κ3) is 4.27. The van der Waals surface area contributed by atoms with Crippen LogP contribution in [0.2, 0.25) is 0 Å². The molecule has 1 aromatic rings. The molecule has 1 aromatic heterocycles. The van der Waals surface area contributed by atoms with Gasteiger partial charge in [0, 0.05) is 22.3 Å². The number of tetrazole rings is 1. The molecule has 7 nitrogen and oxygen atoms in total. The molecule has 0 fully saturated rings. The average Bonchev–Trinajstić information content (AvgIpc) is 2.70. The van der Waals surface area contributed by atoms with Crippen LogP contribution in [0.15, 0.2) is 5.16 Å². The number of hydrogen-bond donors (Lipinski definition) is 1. The molecule has 9 heteroatoms. The third-order valence-electron chi connectivity index (χ3n) is 1.68. The first-order valence-electron chi connectivity index (χ1n) is 4.59. The minimum atomic E-state index is -0.920. The Hall–Kier alpha value is -0.960. The van der Waals surface area contributed by atoms with E-state index in [2.05, 4.69) is 15.5 Å². The fraction of sp³-hybridized carbons (Fsp3) is 0.714. The molecule has 1 rings (SSSR count). The molecule has 16 heavy (non-hydrogen) atoms. The summed E-state index contributed by atoms with van der Waals surface area (Å²) in [6, 6.07) is 0. The van der Waals surface area contributed by atoms with Crippen LogP contribution >= 0.6 is 11.8 Å². The van der Waals surface area contributed by atoms with Crippen molar-refractivity contribution in [3.8, 4) is 0 Å². The lowest BCUT2D eigenvalue weighted by atomic mass is 10.8. The molecule has 0 amide bonds. The van der Waals surface area contributed by atoms with E-state index in [0.29, 0.717) is 23.2 Å². The summed E-state index contributed by atoms with van der Waals surface area (Å²) >= 11 is 1.05. The molecule has 0 saturated heterocycles. The van der Waals surface area contributed by atoms with Crippen LogP contribution in [-0.2, 0) is 22.1 Å². The number of rotatable bonds is 7. The highest BCUT2D eigenvalue weighted by molar-refractivity contribution is 7.99. The van der Waals surface area contributed by atoms with Gasteiger partial charge in [0.05, 0.1) is 12.3 Å². The number of aromatic nitrogens is 4. The van der Waals surface area contributed by atoms with Crippen LogP contribution in [-0.4, -0.2) is 52.8 Å². The Bertz CT molecular complexity index is 381. The minimum absolute atomic E-state index is 0.0861. The summed E-state index contributed by atoms with van der Waals surface area (Å²) < 4.78 is 12.7. The monoisotopic (exact) mass is 264 g/mol. The number of hydrogen-bond acceptors (Lipinski definition) is 6. The number of thioether (sulfide) groups is 1. The zero-order valence-electron chi connectivity index (χ0n) is 8.70. The second kappa shape index (κ2) is 6.59. The summed E-state index contributed by atoms with van der Waals surface area (Å²) in [5.41, 5.74) is 0. The predicted molar refractivity (Wildman–Crippen MR) is 59.7 cm³/mol. The van der Waals surface area contributed by atoms with E-state index < -0.39 is 16.8 Å². The summed E-state index contributed by atoms with van der Waals surface area (Å²) in [5, 5.41) is 19.8. The van der Waals surface area contributed by atoms with Gasteiger partial charge in [0.15, 0.2) is 0 Å². The Morgan fingerprint density at radius 1 is 1.62 bits per heavy atom. The molecular formula is C7H12N4O3S2. The van der Waals surface area contributed by atoms with E-state index in [9.17, 15) is 9.00 Å². The van der Waals surface area contributed by atoms with Crippen molar-refractivity contribution in [1.82, 2.24) is 20.2 Å². The maximum Gasteiger partial charge on any atom is 0.313 e. The van der Waals surface area contributed by atoms with Crippen molar-refractivity contribution >= 4 is 28.5 Å². The van der Waals surface area contributed by atoms with Gasteiger partial charge in [0.1, 0.15) is 0 Å². The van der Waals surface area contributed by atoms with Crippen molar-refractivity contribution < 1.29 is 14.1 Å². The van der Waals surface area contributed by atoms with Crippen molar-refractivity contribution in [1.29, 1.82) is 0 Å². The van der Waals surface area contributed by atoms with Gasteiger partial charge in [0.25, 0.3) is 0 Å². The molecule has 90 valence electrons. The second-order valence-corrected chi connectivity index (χ2v) is 5.61. The van der Waals surface area contributed by atoms with Gasteiger partial charge in [-0.05, 0) is 10.4 Å². The Balaban J connectivity index is 2.50. The standard InChI is InChI=1S/C7H12N4O3S2/c1-2-16(14)4-3-11-7(8-9-10-11)15-5-6(12)13/h2-5H2,1H3,(H,12,13). The van der Waals surface area contributed by atoms with Gasteiger partial charge in [0.2, 0.25) is 5.16 Å². The molecule has 1 N–H and O–H groups in total. The van der Waals surface area contributed by atoms with Gasteiger partial charge in [-0.3, -0.25) is 9.00 Å². The highest BCUT2D eigenvalue weighted by Gasteiger charge is 2.09. The summed E-state index contributed by atoms with van der Waals surface area (Å²) in [4.78, 5) is 10.4. The van der Waals surface area contributed by atoms with Gasteiger partial charge in [-0.25, -0.2) is 4.68 Å². The Morgan fingerprint density at radius 2 is 2.38 bits per heavy atom. The number of nitrogens with zero attached hydrogens (tertiary/aromatic N) is 4. The fourth-order valence-electron chi connectivity index (χ4n) is 0.899. The number of carboxylic acids is 1. The summed E-state index contributed by atoms with van der Waals surface area (Å²) in [7, 11) is -0.875. The van der Waals surface area contributed by atoms with Crippen molar-refractivity contribution in [3.05, 3.63) is 0 Å². The average molecular weight is 264 g/mol. The molecule has 0 radical (unpaired) electrons. The van der Waals surface area contributed by atoms with E-state index in [4.69, 9.17) is 5.11 Å². The van der Waals surface area contributed by atoms with Gasteiger partial charge in [-0.1, -0.05) is 18.7 Å². The van der Waals surface area contributed by atoms with E-state index in [1.165, 1.54) is 4.68 Å². The lowest BCUT2D eigenvalue weighted by molar-refractivity contribution is -0.133. The Morgan fingerprint density at radius 3 is 3.00 bits per heavy atom. The van der Waals surface area contributed by atoms with Crippen LogP contribution in [0.5, 0.6) is 0 Å². The van der Waals surface area contributed by atoms with Crippen molar-refractivity contribution in [2.75, 3.05) is 17.3 Å². The smallest absolute Gasteiger partial charge is 0.313 e. The molecule has 0 bridgehead atoms. The lowest BCUT2D eigenvalue weighted by Gasteiger charge is -2.02. The lowest BCUT2D eigenvalue weighted by Crippen LogP contribution is -2.11. The van der Waals surface area contributed by atoms with Gasteiger partial charge in [-0.15, -0.1) is 5.10 Å². The predicted octanol–water partition coefficient (Wildman–Crippen LogP) is -0.382. The van der Waals surface area contributed by atoms with Crippen molar-refractivity contribution in [2.24, 2.45) is 0 Å². The first kappa shape index (κ1) is 13.1. The number of aryl methyl sites for hydroxylation is 1. The largest absolute Gasteiger partial charge is 0.481 e. The fourth-order valence-corrected chi connectivity index (χ4v) is 2.19. The third-order valence-corrected chi connectivity index (χ3v) is 3.90. The zero-order valence-corrected chi connectivity index (χ0v) is 10.3. The molecule has 0 aliphatic heterocycles. The molecule has 1 unspecified atom stereocenters. The quantitative estimate of drug-likeness (QED) is 0.670. The first-order valence-corrected chi connectivity index (χ1v) is 7.06. The molecule has 0 spiro atoms. The van der Waals surface area contributed by atoms with E-state index in [0.717, 1.165) is 11.8 Å².